The van der Waals surface area contributed by atoms with Crippen molar-refractivity contribution in [2.24, 2.45) is 0 Å². The summed E-state index contributed by atoms with van der Waals surface area (Å²) in [7, 11) is 0. The van der Waals surface area contributed by atoms with Crippen LogP contribution in [0.1, 0.15) is 24.0 Å². The van der Waals surface area contributed by atoms with Crippen LogP contribution < -0.4 is 10.4 Å². The lowest BCUT2D eigenvalue weighted by Crippen LogP contribution is -2.49. The Kier molecular flexibility index (Phi) is 4.99. The van der Waals surface area contributed by atoms with Crippen molar-refractivity contribution in [1.82, 2.24) is 10.3 Å². The van der Waals surface area contributed by atoms with Gasteiger partial charge in [-0.15, -0.1) is 0 Å². The van der Waals surface area contributed by atoms with Crippen molar-refractivity contribution in [3.05, 3.63) is 65.5 Å². The molecule has 0 atom stereocenters. The minimum absolute atomic E-state index is 0.154. The fraction of sp³-hybridized carbons (Fsp3) is 0.429. The Bertz CT molecular complexity index is 693. The Hall–Kier alpha value is -1.91. The van der Waals surface area contributed by atoms with E-state index in [9.17, 15) is 4.39 Å². The molecule has 4 heteroatoms. The van der Waals surface area contributed by atoms with Crippen LogP contribution in [-0.4, -0.2) is 37.1 Å². The van der Waals surface area contributed by atoms with E-state index in [-0.39, 0.29) is 5.82 Å². The number of nitrogens with zero attached hydrogens (tertiary/aromatic N) is 2. The molecule has 2 aromatic rings. The molecule has 2 aliphatic heterocycles. The molecule has 4 rings (SSSR count). The van der Waals surface area contributed by atoms with Gasteiger partial charge in [0.05, 0.1) is 5.69 Å². The molecule has 1 N–H and O–H groups in total. The Labute approximate surface area is 149 Å². The number of anilines is 1. The van der Waals surface area contributed by atoms with Crippen LogP contribution in [0.15, 0.2) is 48.5 Å². The molecule has 1 saturated heterocycles. The second-order valence-corrected chi connectivity index (χ2v) is 7.15. The maximum absolute atomic E-state index is 13.0. The van der Waals surface area contributed by atoms with E-state index in [0.717, 1.165) is 39.0 Å². The number of rotatable bonds is 5. The molecular formula is C21H26FN3. The van der Waals surface area contributed by atoms with E-state index >= 15 is 0 Å². The first-order valence-corrected chi connectivity index (χ1v) is 9.36. The van der Waals surface area contributed by atoms with Crippen molar-refractivity contribution in [2.45, 2.75) is 31.7 Å². The van der Waals surface area contributed by atoms with Crippen molar-refractivity contribution in [3.63, 3.8) is 0 Å². The monoisotopic (exact) mass is 339 g/mol. The number of para-hydroxylation sites is 1. The largest absolute Gasteiger partial charge is 0.308 e. The van der Waals surface area contributed by atoms with Crippen molar-refractivity contribution in [2.75, 3.05) is 31.2 Å². The topological polar surface area (TPSA) is 18.5 Å². The smallest absolute Gasteiger partial charge is 0.123 e. The molecule has 0 amide bonds. The van der Waals surface area contributed by atoms with Crippen molar-refractivity contribution in [3.8, 4) is 0 Å². The van der Waals surface area contributed by atoms with E-state index < -0.39 is 0 Å². The number of nitrogens with one attached hydrogen (secondary N) is 1. The Balaban J connectivity index is 1.23. The van der Waals surface area contributed by atoms with Crippen LogP contribution in [0.5, 0.6) is 0 Å². The summed E-state index contributed by atoms with van der Waals surface area (Å²) in [6.45, 7) is 4.40. The van der Waals surface area contributed by atoms with Crippen LogP contribution >= 0.6 is 0 Å². The first-order valence-electron chi connectivity index (χ1n) is 9.36. The van der Waals surface area contributed by atoms with E-state index in [0.29, 0.717) is 6.04 Å². The summed E-state index contributed by atoms with van der Waals surface area (Å²) in [5.74, 6) is -0.154. The highest BCUT2D eigenvalue weighted by Crippen LogP contribution is 2.26. The summed E-state index contributed by atoms with van der Waals surface area (Å²) in [5.41, 5.74) is 7.76. The molecule has 2 aliphatic rings. The predicted octanol–water partition coefficient (Wildman–Crippen LogP) is 3.40. The molecule has 0 bridgehead atoms. The molecule has 0 aromatic heterocycles. The highest BCUT2D eigenvalue weighted by Gasteiger charge is 2.24. The van der Waals surface area contributed by atoms with E-state index in [4.69, 9.17) is 0 Å². The lowest BCUT2D eigenvalue weighted by Gasteiger charge is -2.35. The van der Waals surface area contributed by atoms with E-state index in [1.807, 2.05) is 12.1 Å². The van der Waals surface area contributed by atoms with Crippen LogP contribution in [0.25, 0.3) is 0 Å². The van der Waals surface area contributed by atoms with Crippen molar-refractivity contribution < 1.29 is 4.39 Å². The number of hydrogen-bond acceptors (Lipinski definition) is 3. The molecule has 1 fully saturated rings. The molecule has 0 radical (unpaired) electrons. The molecule has 0 aliphatic carbocycles. The summed E-state index contributed by atoms with van der Waals surface area (Å²) in [5, 5.41) is 2.34. The standard InChI is InChI=1S/C21H26FN3/c22-19-7-5-17(6-8-19)9-13-24-14-11-20(12-15-24)23-25-16-10-18-3-1-2-4-21(18)25/h1-8,20,23H,9-16H2. The Morgan fingerprint density at radius 3 is 2.52 bits per heavy atom. The van der Waals surface area contributed by atoms with E-state index in [1.54, 1.807) is 12.1 Å². The maximum atomic E-state index is 13.0. The minimum atomic E-state index is -0.154. The van der Waals surface area contributed by atoms with Crippen molar-refractivity contribution in [1.29, 1.82) is 0 Å². The van der Waals surface area contributed by atoms with Gasteiger partial charge in [0, 0.05) is 19.1 Å². The van der Waals surface area contributed by atoms with Gasteiger partial charge in [0.15, 0.2) is 0 Å². The zero-order chi connectivity index (χ0) is 17.1. The summed E-state index contributed by atoms with van der Waals surface area (Å²) in [4.78, 5) is 2.53. The molecular weight excluding hydrogens is 313 g/mol. The van der Waals surface area contributed by atoms with Gasteiger partial charge in [-0.25, -0.2) is 9.82 Å². The Morgan fingerprint density at radius 2 is 1.72 bits per heavy atom. The average molecular weight is 339 g/mol. The summed E-state index contributed by atoms with van der Waals surface area (Å²) < 4.78 is 13.0. The second kappa shape index (κ2) is 7.54. The van der Waals surface area contributed by atoms with Gasteiger partial charge in [0.25, 0.3) is 0 Å². The molecule has 3 nitrogen and oxygen atoms in total. The molecule has 2 aromatic carbocycles. The predicted molar refractivity (Wildman–Crippen MR) is 100 cm³/mol. The van der Waals surface area contributed by atoms with Crippen LogP contribution in [0.2, 0.25) is 0 Å². The summed E-state index contributed by atoms with van der Waals surface area (Å²) in [6, 6.07) is 16.2. The fourth-order valence-electron chi connectivity index (χ4n) is 3.92. The highest BCUT2D eigenvalue weighted by atomic mass is 19.1. The van der Waals surface area contributed by atoms with Crippen LogP contribution in [0.4, 0.5) is 10.1 Å². The number of benzene rings is 2. The number of fused-ring (bicyclic) bond motifs is 1. The first kappa shape index (κ1) is 16.6. The molecule has 132 valence electrons. The zero-order valence-electron chi connectivity index (χ0n) is 14.6. The molecule has 25 heavy (non-hydrogen) atoms. The average Bonchev–Trinajstić information content (AvgIpc) is 3.06. The summed E-state index contributed by atoms with van der Waals surface area (Å²) >= 11 is 0. The van der Waals surface area contributed by atoms with Gasteiger partial charge in [-0.1, -0.05) is 30.3 Å². The number of hydrazine groups is 1. The lowest BCUT2D eigenvalue weighted by atomic mass is 10.0. The Morgan fingerprint density at radius 1 is 0.960 bits per heavy atom. The van der Waals surface area contributed by atoms with Gasteiger partial charge < -0.3 is 9.91 Å². The van der Waals surface area contributed by atoms with Gasteiger partial charge in [0.2, 0.25) is 0 Å². The molecule has 2 heterocycles. The quantitative estimate of drug-likeness (QED) is 0.901. The van der Waals surface area contributed by atoms with Gasteiger partial charge in [-0.3, -0.25) is 0 Å². The molecule has 0 spiro atoms. The lowest BCUT2D eigenvalue weighted by molar-refractivity contribution is 0.198. The number of piperidine rings is 1. The second-order valence-electron chi connectivity index (χ2n) is 7.15. The third kappa shape index (κ3) is 4.02. The van der Waals surface area contributed by atoms with Crippen molar-refractivity contribution >= 4 is 5.69 Å². The minimum Gasteiger partial charge on any atom is -0.308 e. The first-order chi connectivity index (χ1) is 12.3. The van der Waals surface area contributed by atoms with Gasteiger partial charge in [-0.2, -0.15) is 0 Å². The fourth-order valence-corrected chi connectivity index (χ4v) is 3.92. The van der Waals surface area contributed by atoms with Crippen LogP contribution in [-0.2, 0) is 12.8 Å². The SMILES string of the molecule is Fc1ccc(CCN2CCC(NN3CCc4ccccc43)CC2)cc1. The normalized spacial score (nSPS) is 18.5. The van der Waals surface area contributed by atoms with Crippen LogP contribution in [0, 0.1) is 5.82 Å². The summed E-state index contributed by atoms with van der Waals surface area (Å²) in [6.07, 6.45) is 4.50. The van der Waals surface area contributed by atoms with Gasteiger partial charge in [-0.05, 0) is 68.1 Å². The van der Waals surface area contributed by atoms with E-state index in [2.05, 4.69) is 39.6 Å². The third-order valence-electron chi connectivity index (χ3n) is 5.44. The van der Waals surface area contributed by atoms with E-state index in [1.165, 1.54) is 29.7 Å². The number of halogens is 1. The maximum Gasteiger partial charge on any atom is 0.123 e. The van der Waals surface area contributed by atoms with Gasteiger partial charge >= 0.3 is 0 Å². The number of likely N-dealkylation sites (tertiary alicyclic amines) is 1. The molecule has 0 unspecified atom stereocenters. The van der Waals surface area contributed by atoms with Gasteiger partial charge in [0.1, 0.15) is 5.82 Å². The third-order valence-corrected chi connectivity index (χ3v) is 5.44. The number of hydrogen-bond donors (Lipinski definition) is 1. The molecule has 0 saturated carbocycles. The van der Waals surface area contributed by atoms with Crippen LogP contribution in [0.3, 0.4) is 0 Å². The zero-order valence-corrected chi connectivity index (χ0v) is 14.6. The highest BCUT2D eigenvalue weighted by molar-refractivity contribution is 5.56.